The van der Waals surface area contributed by atoms with Gasteiger partial charge in [-0.05, 0) is 78.9 Å². The fraction of sp³-hybridized carbons (Fsp3) is 0. The molecule has 0 saturated carbocycles. The van der Waals surface area contributed by atoms with E-state index in [9.17, 15) is 0 Å². The molecule has 0 amide bonds. The molecule has 0 atom stereocenters. The number of benzene rings is 9. The Morgan fingerprint density at radius 1 is 0.250 bits per heavy atom. The van der Waals surface area contributed by atoms with Gasteiger partial charge in [0.05, 0.1) is 5.52 Å². The zero-order valence-electron chi connectivity index (χ0n) is 32.6. The van der Waals surface area contributed by atoms with E-state index in [2.05, 4.69) is 194 Å². The summed E-state index contributed by atoms with van der Waals surface area (Å²) in [4.78, 5) is 20.2. The van der Waals surface area contributed by atoms with E-state index in [-0.39, 0.29) is 0 Å². The average Bonchev–Trinajstić information content (AvgIpc) is 3.34. The van der Waals surface area contributed by atoms with Gasteiger partial charge in [-0.2, -0.15) is 0 Å². The Labute approximate surface area is 348 Å². The molecule has 0 unspecified atom stereocenters. The smallest absolute Gasteiger partial charge is 0.164 e. The molecule has 4 heteroatoms. The number of rotatable bonds is 7. The first kappa shape index (κ1) is 35.1. The summed E-state index contributed by atoms with van der Waals surface area (Å²) < 4.78 is 0. The first-order valence-corrected chi connectivity index (χ1v) is 20.2. The van der Waals surface area contributed by atoms with Crippen molar-refractivity contribution in [3.05, 3.63) is 219 Å². The van der Waals surface area contributed by atoms with Crippen LogP contribution < -0.4 is 0 Å². The summed E-state index contributed by atoms with van der Waals surface area (Å²) >= 11 is 0. The molecular weight excluding hydrogens is 729 g/mol. The van der Waals surface area contributed by atoms with Crippen LogP contribution in [-0.4, -0.2) is 19.9 Å². The van der Waals surface area contributed by atoms with E-state index in [0.29, 0.717) is 17.5 Å². The largest absolute Gasteiger partial charge is 0.256 e. The average molecular weight is 765 g/mol. The molecule has 60 heavy (non-hydrogen) atoms. The van der Waals surface area contributed by atoms with E-state index in [1.54, 1.807) is 0 Å². The Morgan fingerprint density at radius 2 is 0.700 bits per heavy atom. The summed E-state index contributed by atoms with van der Waals surface area (Å²) in [6.07, 6.45) is 1.87. The topological polar surface area (TPSA) is 51.6 Å². The molecule has 11 aromatic rings. The highest BCUT2D eigenvalue weighted by molar-refractivity contribution is 6.11. The predicted octanol–water partition coefficient (Wildman–Crippen LogP) is 14.4. The molecule has 0 saturated heterocycles. The van der Waals surface area contributed by atoms with Crippen molar-refractivity contribution in [2.75, 3.05) is 0 Å². The molecule has 2 aromatic heterocycles. The number of fused-ring (bicyclic) bond motifs is 4. The Kier molecular flexibility index (Phi) is 8.79. The second-order valence-electron chi connectivity index (χ2n) is 15.0. The van der Waals surface area contributed by atoms with Crippen LogP contribution in [0.3, 0.4) is 0 Å². The van der Waals surface area contributed by atoms with E-state index < -0.39 is 0 Å². The van der Waals surface area contributed by atoms with Gasteiger partial charge >= 0.3 is 0 Å². The second-order valence-corrected chi connectivity index (χ2v) is 15.0. The minimum Gasteiger partial charge on any atom is -0.256 e. The van der Waals surface area contributed by atoms with Crippen LogP contribution in [-0.2, 0) is 0 Å². The van der Waals surface area contributed by atoms with Gasteiger partial charge in [0, 0.05) is 33.7 Å². The molecule has 0 fully saturated rings. The van der Waals surface area contributed by atoms with Gasteiger partial charge in [-0.1, -0.05) is 194 Å². The number of pyridine rings is 1. The molecule has 0 aliphatic carbocycles. The van der Waals surface area contributed by atoms with Crippen LogP contribution in [0.25, 0.3) is 111 Å². The maximum Gasteiger partial charge on any atom is 0.164 e. The van der Waals surface area contributed by atoms with Crippen LogP contribution in [0.4, 0.5) is 0 Å². The third-order valence-corrected chi connectivity index (χ3v) is 11.4. The highest BCUT2D eigenvalue weighted by atomic mass is 15.0. The zero-order chi connectivity index (χ0) is 39.8. The summed E-state index contributed by atoms with van der Waals surface area (Å²) in [6.45, 7) is 0. The van der Waals surface area contributed by atoms with Gasteiger partial charge in [0.15, 0.2) is 17.5 Å². The normalized spacial score (nSPS) is 11.3. The van der Waals surface area contributed by atoms with Gasteiger partial charge in [0.25, 0.3) is 0 Å². The first-order valence-electron chi connectivity index (χ1n) is 20.2. The van der Waals surface area contributed by atoms with Crippen molar-refractivity contribution in [1.29, 1.82) is 0 Å². The Bertz CT molecular complexity index is 3240. The Morgan fingerprint density at radius 3 is 1.33 bits per heavy atom. The lowest BCUT2D eigenvalue weighted by molar-refractivity contribution is 1.08. The maximum absolute atomic E-state index is 5.20. The molecule has 280 valence electrons. The van der Waals surface area contributed by atoms with Crippen LogP contribution in [0, 0.1) is 0 Å². The summed E-state index contributed by atoms with van der Waals surface area (Å²) in [5.74, 6) is 1.88. The number of nitrogens with zero attached hydrogens (tertiary/aromatic N) is 4. The van der Waals surface area contributed by atoms with E-state index in [1.807, 2.05) is 24.4 Å². The first-order chi connectivity index (χ1) is 29.7. The van der Waals surface area contributed by atoms with Gasteiger partial charge in [0.2, 0.25) is 0 Å². The summed E-state index contributed by atoms with van der Waals surface area (Å²) in [7, 11) is 0. The lowest BCUT2D eigenvalue weighted by Crippen LogP contribution is -2.01. The van der Waals surface area contributed by atoms with Crippen molar-refractivity contribution in [1.82, 2.24) is 19.9 Å². The minimum absolute atomic E-state index is 0.626. The summed E-state index contributed by atoms with van der Waals surface area (Å²) in [5.41, 5.74) is 13.1. The van der Waals surface area contributed by atoms with Crippen LogP contribution in [0.1, 0.15) is 0 Å². The van der Waals surface area contributed by atoms with E-state index >= 15 is 0 Å². The molecule has 0 bridgehead atoms. The standard InChI is InChI=1S/C56H36N4/c1-3-12-37(13-4-1)39-23-27-42(28-24-39)54-58-55(43-29-25-40(26-30-43)38-14-5-2-6-15-38)60-56(59-54)52-34-33-47(48-19-7-8-20-49(48)52)45-17-9-16-44(36-45)46-21-10-22-51-50(46)32-31-41-18-11-35-57-53(41)51/h1-36H. The van der Waals surface area contributed by atoms with Crippen molar-refractivity contribution >= 4 is 32.4 Å². The summed E-state index contributed by atoms with van der Waals surface area (Å²) in [6, 6.07) is 74.6. The third kappa shape index (κ3) is 6.47. The molecule has 0 N–H and O–H groups in total. The van der Waals surface area contributed by atoms with Crippen molar-refractivity contribution in [2.24, 2.45) is 0 Å². The lowest BCUT2D eigenvalue weighted by Gasteiger charge is -2.14. The maximum atomic E-state index is 5.20. The molecule has 11 rings (SSSR count). The van der Waals surface area contributed by atoms with Gasteiger partial charge in [0.1, 0.15) is 0 Å². The third-order valence-electron chi connectivity index (χ3n) is 11.4. The van der Waals surface area contributed by atoms with Crippen molar-refractivity contribution in [2.45, 2.75) is 0 Å². The number of aromatic nitrogens is 4. The number of hydrogen-bond acceptors (Lipinski definition) is 4. The Balaban J connectivity index is 1.03. The van der Waals surface area contributed by atoms with Crippen LogP contribution >= 0.6 is 0 Å². The summed E-state index contributed by atoms with van der Waals surface area (Å²) in [5, 5.41) is 5.68. The van der Waals surface area contributed by atoms with Crippen LogP contribution in [0.15, 0.2) is 219 Å². The molecular formula is C56H36N4. The number of hydrogen-bond donors (Lipinski definition) is 0. The van der Waals surface area contributed by atoms with E-state index in [0.717, 1.165) is 71.6 Å². The van der Waals surface area contributed by atoms with Gasteiger partial charge < -0.3 is 0 Å². The van der Waals surface area contributed by atoms with Crippen LogP contribution in [0.2, 0.25) is 0 Å². The minimum atomic E-state index is 0.626. The van der Waals surface area contributed by atoms with Gasteiger partial charge in [-0.25, -0.2) is 15.0 Å². The molecule has 0 aliphatic heterocycles. The Hall–Kier alpha value is -8.08. The molecule has 4 nitrogen and oxygen atoms in total. The van der Waals surface area contributed by atoms with Gasteiger partial charge in [-0.3, -0.25) is 4.98 Å². The molecule has 0 aliphatic rings. The van der Waals surface area contributed by atoms with Crippen LogP contribution in [0.5, 0.6) is 0 Å². The van der Waals surface area contributed by atoms with Crippen molar-refractivity contribution in [3.63, 3.8) is 0 Å². The van der Waals surface area contributed by atoms with E-state index in [4.69, 9.17) is 19.9 Å². The van der Waals surface area contributed by atoms with E-state index in [1.165, 1.54) is 22.1 Å². The van der Waals surface area contributed by atoms with Crippen molar-refractivity contribution < 1.29 is 0 Å². The lowest BCUT2D eigenvalue weighted by atomic mass is 9.91. The molecule has 9 aromatic carbocycles. The monoisotopic (exact) mass is 764 g/mol. The quantitative estimate of drug-likeness (QED) is 0.152. The highest BCUT2D eigenvalue weighted by Crippen LogP contribution is 2.39. The molecule has 0 radical (unpaired) electrons. The highest BCUT2D eigenvalue weighted by Gasteiger charge is 2.17. The fourth-order valence-electron chi connectivity index (χ4n) is 8.39. The molecule has 2 heterocycles. The predicted molar refractivity (Wildman–Crippen MR) is 248 cm³/mol. The fourth-order valence-corrected chi connectivity index (χ4v) is 8.39. The SMILES string of the molecule is c1ccc(-c2ccc(-c3nc(-c4ccc(-c5ccccc5)cc4)nc(-c4ccc(-c5cccc(-c6cccc7c6ccc6cccnc67)c5)c5ccccc45)n3)cc2)cc1. The van der Waals surface area contributed by atoms with Crippen molar-refractivity contribution in [3.8, 4) is 78.7 Å². The van der Waals surface area contributed by atoms with Gasteiger partial charge in [-0.15, -0.1) is 0 Å². The second kappa shape index (κ2) is 15.0. The molecule has 0 spiro atoms. The zero-order valence-corrected chi connectivity index (χ0v) is 32.6.